The molecule has 154 valence electrons. The van der Waals surface area contributed by atoms with Crippen LogP contribution in [-0.2, 0) is 0 Å². The average molecular weight is 424 g/mol. The summed E-state index contributed by atoms with van der Waals surface area (Å²) in [5.41, 5.74) is 3.24. The number of hydrogen-bond donors (Lipinski definition) is 1. The van der Waals surface area contributed by atoms with Crippen LogP contribution < -0.4 is 5.32 Å². The number of pyridine rings is 1. The first-order valence-electron chi connectivity index (χ1n) is 9.69. The number of hydrogen-bond acceptors (Lipinski definition) is 5. The first kappa shape index (κ1) is 20.0. The van der Waals surface area contributed by atoms with Gasteiger partial charge in [-0.3, -0.25) is 4.79 Å². The molecule has 8 nitrogen and oxygen atoms in total. The van der Waals surface area contributed by atoms with Gasteiger partial charge in [-0.2, -0.15) is 10.2 Å². The van der Waals surface area contributed by atoms with E-state index >= 15 is 0 Å². The van der Waals surface area contributed by atoms with E-state index in [0.717, 1.165) is 5.69 Å². The van der Waals surface area contributed by atoms with Gasteiger partial charge in [0.1, 0.15) is 12.7 Å². The van der Waals surface area contributed by atoms with Gasteiger partial charge in [-0.1, -0.05) is 25.4 Å². The Morgan fingerprint density at radius 1 is 1.13 bits per heavy atom. The van der Waals surface area contributed by atoms with E-state index in [1.165, 1.54) is 6.33 Å². The molecule has 0 fully saturated rings. The molecule has 0 atom stereocenters. The van der Waals surface area contributed by atoms with Crippen LogP contribution >= 0.6 is 11.6 Å². The van der Waals surface area contributed by atoms with Crippen molar-refractivity contribution >= 4 is 34.2 Å². The van der Waals surface area contributed by atoms with E-state index in [0.29, 0.717) is 33.0 Å². The number of nitrogens with one attached hydrogen (secondary N) is 1. The van der Waals surface area contributed by atoms with Gasteiger partial charge < -0.3 is 5.32 Å². The molecule has 9 heteroatoms. The van der Waals surface area contributed by atoms with Gasteiger partial charge in [-0.25, -0.2) is 19.3 Å². The Balaban J connectivity index is 1.81. The van der Waals surface area contributed by atoms with E-state index in [1.54, 1.807) is 35.4 Å². The van der Waals surface area contributed by atoms with Crippen LogP contribution in [0.3, 0.4) is 0 Å². The summed E-state index contributed by atoms with van der Waals surface area (Å²) in [5, 5.41) is 12.8. The molecule has 1 aromatic carbocycles. The number of amides is 1. The Morgan fingerprint density at radius 3 is 2.60 bits per heavy atom. The van der Waals surface area contributed by atoms with Gasteiger partial charge in [0, 0.05) is 16.8 Å². The molecule has 0 spiro atoms. The van der Waals surface area contributed by atoms with E-state index in [-0.39, 0.29) is 17.9 Å². The van der Waals surface area contributed by atoms with Crippen LogP contribution in [0.1, 0.15) is 55.7 Å². The quantitative estimate of drug-likeness (QED) is 0.505. The van der Waals surface area contributed by atoms with E-state index in [9.17, 15) is 4.79 Å². The summed E-state index contributed by atoms with van der Waals surface area (Å²) in [4.78, 5) is 22.1. The lowest BCUT2D eigenvalue weighted by Gasteiger charge is -2.14. The zero-order valence-corrected chi connectivity index (χ0v) is 17.9. The van der Waals surface area contributed by atoms with Crippen molar-refractivity contribution in [3.8, 4) is 5.69 Å². The molecule has 4 aromatic rings. The van der Waals surface area contributed by atoms with Crippen LogP contribution in [-0.4, -0.2) is 35.4 Å². The predicted octanol–water partition coefficient (Wildman–Crippen LogP) is 4.62. The maximum absolute atomic E-state index is 13.4. The molecular formula is C21H22ClN7O. The second-order valence-electron chi connectivity index (χ2n) is 7.63. The highest BCUT2D eigenvalue weighted by Gasteiger charge is 2.20. The van der Waals surface area contributed by atoms with Gasteiger partial charge >= 0.3 is 0 Å². The molecule has 3 heterocycles. The number of benzene rings is 1. The molecule has 0 aliphatic rings. The molecule has 0 aliphatic carbocycles. The van der Waals surface area contributed by atoms with Crippen LogP contribution in [0.5, 0.6) is 0 Å². The monoisotopic (exact) mass is 423 g/mol. The Morgan fingerprint density at radius 2 is 1.93 bits per heavy atom. The number of fused-ring (bicyclic) bond motifs is 1. The Hall–Kier alpha value is -3.26. The molecule has 0 unspecified atom stereocenters. The predicted molar refractivity (Wildman–Crippen MR) is 116 cm³/mol. The SMILES string of the molecule is CC(C)c1cc(C(=O)Nc2cc(Cl)ccc2-n2cncn2)c2cnn(C(C)C)c2n1. The fourth-order valence-corrected chi connectivity index (χ4v) is 3.40. The van der Waals surface area contributed by atoms with Crippen molar-refractivity contribution in [1.29, 1.82) is 0 Å². The molecule has 3 aromatic heterocycles. The molecule has 30 heavy (non-hydrogen) atoms. The van der Waals surface area contributed by atoms with Crippen molar-refractivity contribution in [2.24, 2.45) is 0 Å². The van der Waals surface area contributed by atoms with E-state index < -0.39 is 0 Å². The van der Waals surface area contributed by atoms with Gasteiger partial charge in [0.25, 0.3) is 5.91 Å². The Labute approximate surface area is 178 Å². The van der Waals surface area contributed by atoms with E-state index in [2.05, 4.69) is 20.5 Å². The molecule has 0 saturated carbocycles. The van der Waals surface area contributed by atoms with E-state index in [1.807, 2.05) is 38.4 Å². The topological polar surface area (TPSA) is 90.5 Å². The summed E-state index contributed by atoms with van der Waals surface area (Å²) in [6.45, 7) is 8.16. The minimum atomic E-state index is -0.267. The number of halogens is 1. The normalized spacial score (nSPS) is 11.6. The summed E-state index contributed by atoms with van der Waals surface area (Å²) in [6.07, 6.45) is 4.69. The molecule has 1 N–H and O–H groups in total. The summed E-state index contributed by atoms with van der Waals surface area (Å²) in [6, 6.07) is 7.16. The first-order valence-corrected chi connectivity index (χ1v) is 10.1. The van der Waals surface area contributed by atoms with Crippen LogP contribution in [0.4, 0.5) is 5.69 Å². The molecule has 0 saturated heterocycles. The minimum absolute atomic E-state index is 0.125. The highest BCUT2D eigenvalue weighted by molar-refractivity contribution is 6.31. The summed E-state index contributed by atoms with van der Waals surface area (Å²) in [7, 11) is 0. The van der Waals surface area contributed by atoms with Gasteiger partial charge in [-0.05, 0) is 44.0 Å². The highest BCUT2D eigenvalue weighted by Crippen LogP contribution is 2.28. The summed E-state index contributed by atoms with van der Waals surface area (Å²) in [5.74, 6) is -0.107. The van der Waals surface area contributed by atoms with Crippen molar-refractivity contribution in [3.05, 3.63) is 59.4 Å². The van der Waals surface area contributed by atoms with Gasteiger partial charge in [0.15, 0.2) is 5.65 Å². The zero-order valence-electron chi connectivity index (χ0n) is 17.2. The Bertz CT molecular complexity index is 1210. The summed E-state index contributed by atoms with van der Waals surface area (Å²) >= 11 is 6.19. The number of nitrogens with zero attached hydrogens (tertiary/aromatic N) is 6. The molecule has 0 bridgehead atoms. The van der Waals surface area contributed by atoms with E-state index in [4.69, 9.17) is 16.6 Å². The lowest BCUT2D eigenvalue weighted by Crippen LogP contribution is -2.16. The van der Waals surface area contributed by atoms with Crippen molar-refractivity contribution < 1.29 is 4.79 Å². The zero-order chi connectivity index (χ0) is 21.4. The molecule has 1 amide bonds. The van der Waals surface area contributed by atoms with Crippen LogP contribution in [0.15, 0.2) is 43.1 Å². The molecular weight excluding hydrogens is 402 g/mol. The number of carbonyl (C=O) groups excluding carboxylic acids is 1. The summed E-state index contributed by atoms with van der Waals surface area (Å²) < 4.78 is 3.41. The lowest BCUT2D eigenvalue weighted by molar-refractivity contribution is 0.102. The van der Waals surface area contributed by atoms with Crippen molar-refractivity contribution in [3.63, 3.8) is 0 Å². The second-order valence-corrected chi connectivity index (χ2v) is 8.06. The maximum atomic E-state index is 13.4. The fourth-order valence-electron chi connectivity index (χ4n) is 3.23. The third-order valence-corrected chi connectivity index (χ3v) is 5.02. The van der Waals surface area contributed by atoms with Gasteiger partial charge in [0.05, 0.1) is 28.5 Å². The van der Waals surface area contributed by atoms with Crippen molar-refractivity contribution in [2.75, 3.05) is 5.32 Å². The maximum Gasteiger partial charge on any atom is 0.256 e. The molecule has 4 rings (SSSR count). The molecule has 0 radical (unpaired) electrons. The standard InChI is InChI=1S/C21H22ClN7O/c1-12(2)17-8-15(16-9-24-29(13(3)4)20(16)26-17)21(30)27-18-7-14(22)5-6-19(18)28-11-23-10-25-28/h5-13H,1-4H3,(H,27,30). The number of carbonyl (C=O) groups is 1. The first-order chi connectivity index (χ1) is 14.3. The fraction of sp³-hybridized carbons (Fsp3) is 0.286. The van der Waals surface area contributed by atoms with Gasteiger partial charge in [0.2, 0.25) is 0 Å². The van der Waals surface area contributed by atoms with Crippen molar-refractivity contribution in [1.82, 2.24) is 29.5 Å². The third-order valence-electron chi connectivity index (χ3n) is 4.78. The number of aromatic nitrogens is 6. The molecule has 0 aliphatic heterocycles. The minimum Gasteiger partial charge on any atom is -0.320 e. The van der Waals surface area contributed by atoms with Crippen LogP contribution in [0.25, 0.3) is 16.7 Å². The van der Waals surface area contributed by atoms with Crippen molar-refractivity contribution in [2.45, 2.75) is 39.7 Å². The lowest BCUT2D eigenvalue weighted by atomic mass is 10.0. The Kier molecular flexibility index (Phi) is 5.26. The van der Waals surface area contributed by atoms with Crippen LogP contribution in [0.2, 0.25) is 5.02 Å². The number of rotatable bonds is 5. The smallest absolute Gasteiger partial charge is 0.256 e. The average Bonchev–Trinajstić information content (AvgIpc) is 3.37. The number of anilines is 1. The van der Waals surface area contributed by atoms with Crippen LogP contribution in [0, 0.1) is 0 Å². The second kappa shape index (κ2) is 7.87. The highest BCUT2D eigenvalue weighted by atomic mass is 35.5. The third kappa shape index (κ3) is 3.66. The van der Waals surface area contributed by atoms with Gasteiger partial charge in [-0.15, -0.1) is 0 Å². The largest absolute Gasteiger partial charge is 0.320 e.